The fourth-order valence-electron chi connectivity index (χ4n) is 2.66. The zero-order valence-electron chi connectivity index (χ0n) is 13.0. The molecule has 5 nitrogen and oxygen atoms in total. The summed E-state index contributed by atoms with van der Waals surface area (Å²) < 4.78 is 10.6. The molecule has 1 aromatic carbocycles. The lowest BCUT2D eigenvalue weighted by Gasteiger charge is -2.19. The van der Waals surface area contributed by atoms with Crippen molar-refractivity contribution in [2.75, 3.05) is 13.7 Å². The van der Waals surface area contributed by atoms with Crippen LogP contribution >= 0.6 is 0 Å². The van der Waals surface area contributed by atoms with E-state index < -0.39 is 0 Å². The normalized spacial score (nSPS) is 13.4. The third kappa shape index (κ3) is 3.30. The van der Waals surface area contributed by atoms with Crippen molar-refractivity contribution >= 4 is 5.91 Å². The first-order chi connectivity index (χ1) is 10.6. The summed E-state index contributed by atoms with van der Waals surface area (Å²) in [6, 6.07) is 7.87. The van der Waals surface area contributed by atoms with Crippen LogP contribution in [-0.4, -0.2) is 29.6 Å². The van der Waals surface area contributed by atoms with Crippen LogP contribution in [0.2, 0.25) is 0 Å². The smallest absolute Gasteiger partial charge is 0.227 e. The van der Waals surface area contributed by atoms with Gasteiger partial charge in [0.1, 0.15) is 17.2 Å². The van der Waals surface area contributed by atoms with Crippen molar-refractivity contribution in [1.82, 2.24) is 10.1 Å². The van der Waals surface area contributed by atoms with Crippen molar-refractivity contribution in [2.24, 2.45) is 0 Å². The Morgan fingerprint density at radius 2 is 2.23 bits per heavy atom. The van der Waals surface area contributed by atoms with Crippen molar-refractivity contribution in [3.8, 4) is 5.75 Å². The van der Waals surface area contributed by atoms with Crippen molar-refractivity contribution in [2.45, 2.75) is 32.7 Å². The van der Waals surface area contributed by atoms with E-state index in [1.165, 1.54) is 5.56 Å². The maximum absolute atomic E-state index is 12.3. The Morgan fingerprint density at radius 3 is 3.00 bits per heavy atom. The summed E-state index contributed by atoms with van der Waals surface area (Å²) in [6.07, 6.45) is 2.45. The molecule has 0 N–H and O–H groups in total. The van der Waals surface area contributed by atoms with Crippen LogP contribution in [0.15, 0.2) is 28.8 Å². The highest BCUT2D eigenvalue weighted by Gasteiger charge is 2.15. The molecule has 0 bridgehead atoms. The molecule has 5 heteroatoms. The van der Waals surface area contributed by atoms with Gasteiger partial charge in [-0.2, -0.15) is 0 Å². The Kier molecular flexibility index (Phi) is 4.13. The molecule has 1 aliphatic heterocycles. The lowest BCUT2D eigenvalue weighted by atomic mass is 10.0. The second-order valence-corrected chi connectivity index (χ2v) is 5.75. The molecular formula is C17H20N2O3. The zero-order valence-corrected chi connectivity index (χ0v) is 13.0. The van der Waals surface area contributed by atoms with Gasteiger partial charge in [-0.15, -0.1) is 0 Å². The lowest BCUT2D eigenvalue weighted by Crippen LogP contribution is -2.27. The molecule has 0 saturated carbocycles. The van der Waals surface area contributed by atoms with E-state index in [1.54, 1.807) is 11.9 Å². The minimum atomic E-state index is 0.0670. The van der Waals surface area contributed by atoms with Gasteiger partial charge in [0.25, 0.3) is 0 Å². The quantitative estimate of drug-likeness (QED) is 0.870. The molecule has 0 unspecified atom stereocenters. The molecule has 1 amide bonds. The maximum Gasteiger partial charge on any atom is 0.227 e. The highest BCUT2D eigenvalue weighted by Crippen LogP contribution is 2.25. The van der Waals surface area contributed by atoms with Gasteiger partial charge in [-0.3, -0.25) is 4.79 Å². The van der Waals surface area contributed by atoms with E-state index in [1.807, 2.05) is 25.1 Å². The summed E-state index contributed by atoms with van der Waals surface area (Å²) in [5, 5.41) is 3.92. The van der Waals surface area contributed by atoms with E-state index in [0.29, 0.717) is 13.0 Å². The van der Waals surface area contributed by atoms with Crippen LogP contribution in [0.5, 0.6) is 5.75 Å². The number of hydrogen-bond donors (Lipinski definition) is 0. The van der Waals surface area contributed by atoms with Gasteiger partial charge in [-0.05, 0) is 37.0 Å². The Balaban J connectivity index is 1.63. The minimum absolute atomic E-state index is 0.0670. The molecule has 2 heterocycles. The van der Waals surface area contributed by atoms with Crippen LogP contribution in [0.3, 0.4) is 0 Å². The lowest BCUT2D eigenvalue weighted by molar-refractivity contribution is -0.129. The number of hydrogen-bond acceptors (Lipinski definition) is 4. The van der Waals surface area contributed by atoms with Crippen LogP contribution in [-0.2, 0) is 24.2 Å². The molecule has 0 fully saturated rings. The summed E-state index contributed by atoms with van der Waals surface area (Å²) in [5.41, 5.74) is 3.00. The molecule has 1 aromatic heterocycles. The van der Waals surface area contributed by atoms with Gasteiger partial charge >= 0.3 is 0 Å². The fraction of sp³-hybridized carbons (Fsp3) is 0.412. The van der Waals surface area contributed by atoms with E-state index in [2.05, 4.69) is 11.2 Å². The van der Waals surface area contributed by atoms with Gasteiger partial charge in [0.15, 0.2) is 0 Å². The number of carbonyl (C=O) groups is 1. The standard InChI is InChI=1S/C17H20N2O3/c1-12-8-15(18-22-12)11-19(2)17(20)10-13-5-6-16-14(9-13)4-3-7-21-16/h5-6,8-9H,3-4,7,10-11H2,1-2H3. The Hall–Kier alpha value is -2.30. The number of nitrogens with zero attached hydrogens (tertiary/aromatic N) is 2. The SMILES string of the molecule is Cc1cc(CN(C)C(=O)Cc2ccc3c(c2)CCCO3)no1. The van der Waals surface area contributed by atoms with Crippen molar-refractivity contribution in [3.63, 3.8) is 0 Å². The summed E-state index contributed by atoms with van der Waals surface area (Å²) in [4.78, 5) is 14.0. The summed E-state index contributed by atoms with van der Waals surface area (Å²) in [6.45, 7) is 3.09. The van der Waals surface area contributed by atoms with Crippen LogP contribution in [0.25, 0.3) is 0 Å². The maximum atomic E-state index is 12.3. The fourth-order valence-corrected chi connectivity index (χ4v) is 2.66. The Morgan fingerprint density at radius 1 is 1.36 bits per heavy atom. The van der Waals surface area contributed by atoms with E-state index >= 15 is 0 Å². The molecule has 2 aromatic rings. The molecular weight excluding hydrogens is 280 g/mol. The van der Waals surface area contributed by atoms with E-state index in [0.717, 1.165) is 42.2 Å². The predicted molar refractivity (Wildman–Crippen MR) is 81.7 cm³/mol. The Labute approximate surface area is 129 Å². The topological polar surface area (TPSA) is 55.6 Å². The molecule has 0 radical (unpaired) electrons. The summed E-state index contributed by atoms with van der Waals surface area (Å²) >= 11 is 0. The van der Waals surface area contributed by atoms with Gasteiger partial charge in [0.2, 0.25) is 5.91 Å². The van der Waals surface area contributed by atoms with Crippen LogP contribution in [0.4, 0.5) is 0 Å². The number of rotatable bonds is 4. The van der Waals surface area contributed by atoms with E-state index in [9.17, 15) is 4.79 Å². The summed E-state index contributed by atoms with van der Waals surface area (Å²) in [5.74, 6) is 1.77. The highest BCUT2D eigenvalue weighted by atomic mass is 16.5. The van der Waals surface area contributed by atoms with Crippen molar-refractivity contribution < 1.29 is 14.1 Å². The Bertz CT molecular complexity index is 678. The number of benzene rings is 1. The van der Waals surface area contributed by atoms with Crippen molar-refractivity contribution in [3.05, 3.63) is 46.8 Å². The van der Waals surface area contributed by atoms with Gasteiger partial charge < -0.3 is 14.2 Å². The van der Waals surface area contributed by atoms with Gasteiger partial charge in [0.05, 0.1) is 19.6 Å². The monoisotopic (exact) mass is 300 g/mol. The van der Waals surface area contributed by atoms with Crippen molar-refractivity contribution in [1.29, 1.82) is 0 Å². The molecule has 22 heavy (non-hydrogen) atoms. The van der Waals surface area contributed by atoms with E-state index in [4.69, 9.17) is 9.26 Å². The molecule has 116 valence electrons. The largest absolute Gasteiger partial charge is 0.493 e. The van der Waals surface area contributed by atoms with Gasteiger partial charge in [-0.1, -0.05) is 17.3 Å². The second-order valence-electron chi connectivity index (χ2n) is 5.75. The molecule has 0 atom stereocenters. The summed E-state index contributed by atoms with van der Waals surface area (Å²) in [7, 11) is 1.79. The van der Waals surface area contributed by atoms with Gasteiger partial charge in [-0.25, -0.2) is 0 Å². The molecule has 0 saturated heterocycles. The first-order valence-electron chi connectivity index (χ1n) is 7.52. The predicted octanol–water partition coefficient (Wildman–Crippen LogP) is 2.51. The third-order valence-corrected chi connectivity index (χ3v) is 3.83. The number of aromatic nitrogens is 1. The first-order valence-corrected chi connectivity index (χ1v) is 7.52. The molecule has 3 rings (SSSR count). The number of amides is 1. The van der Waals surface area contributed by atoms with Crippen LogP contribution in [0, 0.1) is 6.92 Å². The second kappa shape index (κ2) is 6.22. The average Bonchev–Trinajstić information content (AvgIpc) is 2.92. The first kappa shape index (κ1) is 14.6. The van der Waals surface area contributed by atoms with E-state index in [-0.39, 0.29) is 5.91 Å². The van der Waals surface area contributed by atoms with Crippen LogP contribution in [0.1, 0.15) is 29.0 Å². The third-order valence-electron chi connectivity index (χ3n) is 3.83. The van der Waals surface area contributed by atoms with Crippen LogP contribution < -0.4 is 4.74 Å². The average molecular weight is 300 g/mol. The number of aryl methyl sites for hydroxylation is 2. The number of fused-ring (bicyclic) bond motifs is 1. The zero-order chi connectivity index (χ0) is 15.5. The molecule has 1 aliphatic rings. The van der Waals surface area contributed by atoms with Gasteiger partial charge in [0, 0.05) is 13.1 Å². The number of ether oxygens (including phenoxy) is 1. The number of likely N-dealkylation sites (N-methyl/N-ethyl adjacent to an activating group) is 1. The molecule has 0 spiro atoms. The number of carbonyl (C=O) groups excluding carboxylic acids is 1. The minimum Gasteiger partial charge on any atom is -0.493 e. The highest BCUT2D eigenvalue weighted by molar-refractivity contribution is 5.78. The molecule has 0 aliphatic carbocycles.